The Morgan fingerprint density at radius 2 is 2.00 bits per heavy atom. The number of amides is 1. The molecular formula is C27H30N4O. The van der Waals surface area contributed by atoms with Gasteiger partial charge in [-0.15, -0.1) is 0 Å². The van der Waals surface area contributed by atoms with Crippen molar-refractivity contribution in [3.05, 3.63) is 65.4 Å². The highest BCUT2D eigenvalue weighted by molar-refractivity contribution is 6.02. The summed E-state index contributed by atoms with van der Waals surface area (Å²) in [5, 5.41) is 13.5. The van der Waals surface area contributed by atoms with Crippen LogP contribution in [0.25, 0.3) is 10.9 Å². The zero-order valence-electron chi connectivity index (χ0n) is 18.5. The zero-order chi connectivity index (χ0) is 22.0. The molecule has 1 aromatic heterocycles. The van der Waals surface area contributed by atoms with Gasteiger partial charge in [0, 0.05) is 24.7 Å². The number of nitriles is 1. The van der Waals surface area contributed by atoms with Gasteiger partial charge in [-0.25, -0.2) is 0 Å². The number of benzene rings is 2. The van der Waals surface area contributed by atoms with E-state index >= 15 is 0 Å². The number of fused-ring (bicyclic) bond motifs is 2. The monoisotopic (exact) mass is 426 g/mol. The van der Waals surface area contributed by atoms with E-state index in [1.54, 1.807) is 0 Å². The van der Waals surface area contributed by atoms with Crippen LogP contribution in [0.3, 0.4) is 0 Å². The fourth-order valence-electron chi connectivity index (χ4n) is 5.51. The average molecular weight is 427 g/mol. The van der Waals surface area contributed by atoms with Crippen molar-refractivity contribution in [2.24, 2.45) is 5.41 Å². The Balaban J connectivity index is 1.29. The van der Waals surface area contributed by atoms with Crippen LogP contribution in [0.2, 0.25) is 0 Å². The number of H-pyrrole nitrogens is 1. The number of aromatic amines is 1. The molecule has 0 unspecified atom stereocenters. The fourth-order valence-corrected chi connectivity index (χ4v) is 5.51. The van der Waals surface area contributed by atoms with Crippen LogP contribution in [0.15, 0.2) is 48.7 Å². The molecule has 5 nitrogen and oxygen atoms in total. The van der Waals surface area contributed by atoms with E-state index < -0.39 is 0 Å². The molecule has 2 aliphatic rings. The van der Waals surface area contributed by atoms with Crippen molar-refractivity contribution in [3.63, 3.8) is 0 Å². The van der Waals surface area contributed by atoms with Crippen molar-refractivity contribution in [1.82, 2.24) is 9.88 Å². The lowest BCUT2D eigenvalue weighted by molar-refractivity contribution is -0.128. The van der Waals surface area contributed by atoms with Gasteiger partial charge < -0.3 is 10.3 Å². The molecule has 3 aromatic rings. The molecule has 1 aliphatic carbocycles. The number of nitrogens with one attached hydrogen (secondary N) is 2. The largest absolute Gasteiger partial charge is 0.359 e. The Kier molecular flexibility index (Phi) is 5.71. The van der Waals surface area contributed by atoms with E-state index in [-0.39, 0.29) is 11.3 Å². The van der Waals surface area contributed by atoms with Gasteiger partial charge in [0.25, 0.3) is 0 Å². The first-order valence-electron chi connectivity index (χ1n) is 11.8. The van der Waals surface area contributed by atoms with Gasteiger partial charge in [0.1, 0.15) is 0 Å². The molecule has 5 heteroatoms. The van der Waals surface area contributed by atoms with Crippen LogP contribution >= 0.6 is 0 Å². The minimum absolute atomic E-state index is 0.176. The molecule has 1 saturated carbocycles. The van der Waals surface area contributed by atoms with Crippen LogP contribution in [0, 0.1) is 16.7 Å². The predicted molar refractivity (Wildman–Crippen MR) is 127 cm³/mol. The minimum Gasteiger partial charge on any atom is -0.359 e. The first-order chi connectivity index (χ1) is 15.7. The molecule has 0 radical (unpaired) electrons. The van der Waals surface area contributed by atoms with Crippen LogP contribution in [0.1, 0.15) is 55.2 Å². The maximum atomic E-state index is 13.6. The van der Waals surface area contributed by atoms with E-state index in [2.05, 4.69) is 33.4 Å². The molecule has 164 valence electrons. The zero-order valence-corrected chi connectivity index (χ0v) is 18.5. The summed E-state index contributed by atoms with van der Waals surface area (Å²) in [5.74, 6) is 0.176. The van der Waals surface area contributed by atoms with Crippen LogP contribution < -0.4 is 5.32 Å². The number of aromatic nitrogens is 1. The standard InChI is InChI=1S/C27H30N4O/c28-18-20-7-8-23-19-31(15-10-22(23)17-20)16-13-27(11-2-1-3-12-27)26(32)30-24-6-4-5-21-9-14-29-25(21)24/h4-9,14,17,29H,1-3,10-13,15-16,19H2,(H,30,32). The Morgan fingerprint density at radius 3 is 2.84 bits per heavy atom. The number of nitrogens with zero attached hydrogens (tertiary/aromatic N) is 2. The number of hydrogen-bond acceptors (Lipinski definition) is 3. The summed E-state index contributed by atoms with van der Waals surface area (Å²) in [5.41, 5.74) is 4.93. The molecule has 5 rings (SSSR count). The number of anilines is 1. The number of rotatable bonds is 5. The van der Waals surface area contributed by atoms with Gasteiger partial charge in [0.15, 0.2) is 0 Å². The second-order valence-electron chi connectivity index (χ2n) is 9.41. The number of carbonyl (C=O) groups excluding carboxylic acids is 1. The summed E-state index contributed by atoms with van der Waals surface area (Å²) >= 11 is 0. The lowest BCUT2D eigenvalue weighted by Crippen LogP contribution is -2.42. The van der Waals surface area contributed by atoms with Crippen LogP contribution in [-0.2, 0) is 17.8 Å². The van der Waals surface area contributed by atoms with Crippen molar-refractivity contribution in [2.75, 3.05) is 18.4 Å². The molecule has 0 saturated heterocycles. The highest BCUT2D eigenvalue weighted by atomic mass is 16.2. The average Bonchev–Trinajstić information content (AvgIpc) is 3.33. The highest BCUT2D eigenvalue weighted by Gasteiger charge is 2.39. The van der Waals surface area contributed by atoms with Gasteiger partial charge in [-0.2, -0.15) is 5.26 Å². The molecule has 2 N–H and O–H groups in total. The highest BCUT2D eigenvalue weighted by Crippen LogP contribution is 2.41. The topological polar surface area (TPSA) is 71.9 Å². The molecule has 2 aromatic carbocycles. The summed E-state index contributed by atoms with van der Waals surface area (Å²) in [6.45, 7) is 2.82. The van der Waals surface area contributed by atoms with E-state index in [4.69, 9.17) is 5.26 Å². The SMILES string of the molecule is N#Cc1ccc2c(c1)CCN(CCC1(C(=O)Nc3cccc4cc[nH]c34)CCCCC1)C2. The number of carbonyl (C=O) groups is 1. The lowest BCUT2D eigenvalue weighted by atomic mass is 9.71. The predicted octanol–water partition coefficient (Wildman–Crippen LogP) is 5.38. The Morgan fingerprint density at radius 1 is 1.12 bits per heavy atom. The van der Waals surface area contributed by atoms with Crippen molar-refractivity contribution in [1.29, 1.82) is 5.26 Å². The third-order valence-corrected chi connectivity index (χ3v) is 7.46. The van der Waals surface area contributed by atoms with Gasteiger partial charge in [-0.3, -0.25) is 9.69 Å². The molecule has 1 aliphatic heterocycles. The molecule has 0 bridgehead atoms. The smallest absolute Gasteiger partial charge is 0.230 e. The summed E-state index contributed by atoms with van der Waals surface area (Å²) < 4.78 is 0. The van der Waals surface area contributed by atoms with Crippen molar-refractivity contribution < 1.29 is 4.79 Å². The van der Waals surface area contributed by atoms with Gasteiger partial charge >= 0.3 is 0 Å². The second-order valence-corrected chi connectivity index (χ2v) is 9.41. The summed E-state index contributed by atoms with van der Waals surface area (Å²) in [6, 6.07) is 16.4. The molecule has 1 amide bonds. The quantitative estimate of drug-likeness (QED) is 0.576. The summed E-state index contributed by atoms with van der Waals surface area (Å²) in [6.07, 6.45) is 9.19. The fraction of sp³-hybridized carbons (Fsp3) is 0.407. The van der Waals surface area contributed by atoms with Gasteiger partial charge in [0.05, 0.1) is 28.3 Å². The Labute approximate surface area is 189 Å². The molecule has 0 spiro atoms. The third-order valence-electron chi connectivity index (χ3n) is 7.46. The normalized spacial score (nSPS) is 18.1. The lowest BCUT2D eigenvalue weighted by Gasteiger charge is -2.38. The number of hydrogen-bond donors (Lipinski definition) is 2. The van der Waals surface area contributed by atoms with Crippen LogP contribution in [0.4, 0.5) is 5.69 Å². The van der Waals surface area contributed by atoms with E-state index in [0.717, 1.165) is 80.3 Å². The maximum Gasteiger partial charge on any atom is 0.230 e. The van der Waals surface area contributed by atoms with E-state index in [0.29, 0.717) is 0 Å². The van der Waals surface area contributed by atoms with Crippen LogP contribution in [-0.4, -0.2) is 28.9 Å². The molecule has 0 atom stereocenters. The second kappa shape index (κ2) is 8.80. The minimum atomic E-state index is -0.294. The molecule has 1 fully saturated rings. The van der Waals surface area contributed by atoms with E-state index in [9.17, 15) is 4.79 Å². The van der Waals surface area contributed by atoms with Crippen molar-refractivity contribution in [2.45, 2.75) is 51.5 Å². The first-order valence-corrected chi connectivity index (χ1v) is 11.8. The van der Waals surface area contributed by atoms with Crippen molar-refractivity contribution in [3.8, 4) is 6.07 Å². The third kappa shape index (κ3) is 4.03. The van der Waals surface area contributed by atoms with Gasteiger partial charge in [-0.1, -0.05) is 37.5 Å². The van der Waals surface area contributed by atoms with Crippen molar-refractivity contribution >= 4 is 22.5 Å². The Bertz CT molecular complexity index is 1170. The molecule has 32 heavy (non-hydrogen) atoms. The van der Waals surface area contributed by atoms with Crippen LogP contribution in [0.5, 0.6) is 0 Å². The van der Waals surface area contributed by atoms with E-state index in [1.165, 1.54) is 17.5 Å². The Hall–Kier alpha value is -3.10. The molecular weight excluding hydrogens is 396 g/mol. The summed E-state index contributed by atoms with van der Waals surface area (Å²) in [4.78, 5) is 19.4. The van der Waals surface area contributed by atoms with Gasteiger partial charge in [-0.05, 0) is 67.6 Å². The van der Waals surface area contributed by atoms with E-state index in [1.807, 2.05) is 36.5 Å². The van der Waals surface area contributed by atoms with Gasteiger partial charge in [0.2, 0.25) is 5.91 Å². The maximum absolute atomic E-state index is 13.6. The first kappa shape index (κ1) is 20.8. The molecule has 2 heterocycles. The number of para-hydroxylation sites is 1. The summed E-state index contributed by atoms with van der Waals surface area (Å²) in [7, 11) is 0.